The molecule has 7 nitrogen and oxygen atoms in total. The molecule has 0 radical (unpaired) electrons. The quantitative estimate of drug-likeness (QED) is 0.520. The summed E-state index contributed by atoms with van der Waals surface area (Å²) >= 11 is 0. The number of amides is 2. The van der Waals surface area contributed by atoms with Crippen molar-refractivity contribution in [3.63, 3.8) is 0 Å². The van der Waals surface area contributed by atoms with E-state index in [0.29, 0.717) is 17.1 Å². The largest absolute Gasteiger partial charge is 0.324 e. The molecular weight excluding hydrogens is 258 g/mol. The molecule has 7 heteroatoms. The van der Waals surface area contributed by atoms with Crippen molar-refractivity contribution >= 4 is 29.4 Å². The maximum atomic E-state index is 11.8. The maximum Gasteiger partial charge on any atom is 0.226 e. The number of carbonyl (C=O) groups excluding carboxylic acids is 2. The van der Waals surface area contributed by atoms with E-state index in [9.17, 15) is 9.59 Å². The summed E-state index contributed by atoms with van der Waals surface area (Å²) in [4.78, 5) is 24.6. The minimum atomic E-state index is -0.178. The van der Waals surface area contributed by atoms with Gasteiger partial charge in [0.2, 0.25) is 12.3 Å². The summed E-state index contributed by atoms with van der Waals surface area (Å²) in [7, 11) is 3.54. The Bertz CT molecular complexity index is 556. The van der Waals surface area contributed by atoms with Gasteiger partial charge in [0.1, 0.15) is 0 Å². The molecule has 106 valence electrons. The Morgan fingerprint density at radius 1 is 1.45 bits per heavy atom. The third-order valence-corrected chi connectivity index (χ3v) is 2.94. The van der Waals surface area contributed by atoms with E-state index in [1.807, 2.05) is 6.92 Å². The summed E-state index contributed by atoms with van der Waals surface area (Å²) in [6.45, 7) is 1.84. The summed E-state index contributed by atoms with van der Waals surface area (Å²) in [5.74, 6) is -0.121. The number of nitrogens with zero attached hydrogens (tertiary/aromatic N) is 4. The lowest BCUT2D eigenvalue weighted by Gasteiger charge is -2.22. The second-order valence-electron chi connectivity index (χ2n) is 4.85. The van der Waals surface area contributed by atoms with Crippen molar-refractivity contribution < 1.29 is 9.59 Å². The van der Waals surface area contributed by atoms with E-state index in [-0.39, 0.29) is 18.4 Å². The number of hydrogen-bond acceptors (Lipinski definition) is 4. The molecule has 1 aromatic carbocycles. The first-order chi connectivity index (χ1) is 9.51. The van der Waals surface area contributed by atoms with E-state index >= 15 is 0 Å². The van der Waals surface area contributed by atoms with Crippen LogP contribution in [-0.4, -0.2) is 37.5 Å². The molecule has 0 unspecified atom stereocenters. The van der Waals surface area contributed by atoms with Gasteiger partial charge in [0, 0.05) is 26.6 Å². The molecular formula is C13H17N5O2. The zero-order valence-corrected chi connectivity index (χ0v) is 11.7. The molecule has 0 aromatic heterocycles. The summed E-state index contributed by atoms with van der Waals surface area (Å²) in [6.07, 6.45) is 1.01. The van der Waals surface area contributed by atoms with Crippen LogP contribution in [-0.2, 0) is 9.59 Å². The van der Waals surface area contributed by atoms with Crippen LogP contribution in [0.5, 0.6) is 0 Å². The standard InChI is InChI=1S/C13H17N5O2/c1-9-6-13(20)14-11-7-10(15-16-17(2)3)4-5-12(11)18(9)8-19/h4-5,7-9H,6H2,1-3H3,(H,14,20)/t9-/m0/s1. The highest BCUT2D eigenvalue weighted by Gasteiger charge is 2.24. The zero-order valence-electron chi connectivity index (χ0n) is 11.7. The number of hydrogen-bond donors (Lipinski definition) is 1. The van der Waals surface area contributed by atoms with Gasteiger partial charge in [-0.25, -0.2) is 0 Å². The summed E-state index contributed by atoms with van der Waals surface area (Å²) in [6, 6.07) is 5.04. The summed E-state index contributed by atoms with van der Waals surface area (Å²) in [5, 5.41) is 12.3. The second kappa shape index (κ2) is 5.68. The molecule has 1 aromatic rings. The van der Waals surface area contributed by atoms with Crippen LogP contribution in [0, 0.1) is 0 Å². The van der Waals surface area contributed by atoms with E-state index in [4.69, 9.17) is 0 Å². The van der Waals surface area contributed by atoms with Crippen LogP contribution in [0.2, 0.25) is 0 Å². The van der Waals surface area contributed by atoms with Crippen molar-refractivity contribution in [1.29, 1.82) is 0 Å². The maximum absolute atomic E-state index is 11.8. The fourth-order valence-corrected chi connectivity index (χ4v) is 2.02. The van der Waals surface area contributed by atoms with Crippen molar-refractivity contribution in [2.45, 2.75) is 19.4 Å². The molecule has 0 fully saturated rings. The molecule has 0 saturated carbocycles. The number of rotatable bonds is 3. The first-order valence-electron chi connectivity index (χ1n) is 6.28. The molecule has 1 atom stereocenters. The van der Waals surface area contributed by atoms with Crippen LogP contribution in [0.25, 0.3) is 0 Å². The normalized spacial score (nSPS) is 18.4. The minimum Gasteiger partial charge on any atom is -0.324 e. The van der Waals surface area contributed by atoms with Gasteiger partial charge in [0.25, 0.3) is 0 Å². The Hall–Kier alpha value is -2.44. The molecule has 2 rings (SSSR count). The Morgan fingerprint density at radius 2 is 2.20 bits per heavy atom. The van der Waals surface area contributed by atoms with Gasteiger partial charge in [-0.2, -0.15) is 0 Å². The van der Waals surface area contributed by atoms with Crippen LogP contribution in [0.3, 0.4) is 0 Å². The van der Waals surface area contributed by atoms with Gasteiger partial charge >= 0.3 is 0 Å². The average molecular weight is 275 g/mol. The third kappa shape index (κ3) is 2.93. The van der Waals surface area contributed by atoms with E-state index in [1.54, 1.807) is 42.2 Å². The van der Waals surface area contributed by atoms with Crippen LogP contribution < -0.4 is 10.2 Å². The predicted molar refractivity (Wildman–Crippen MR) is 75.9 cm³/mol. The zero-order chi connectivity index (χ0) is 14.7. The van der Waals surface area contributed by atoms with Gasteiger partial charge in [0.15, 0.2) is 0 Å². The van der Waals surface area contributed by atoms with Crippen molar-refractivity contribution in [1.82, 2.24) is 5.01 Å². The first kappa shape index (κ1) is 14.0. The van der Waals surface area contributed by atoms with Crippen molar-refractivity contribution in [3.8, 4) is 0 Å². The molecule has 1 heterocycles. The van der Waals surface area contributed by atoms with E-state index in [1.165, 1.54) is 0 Å². The Balaban J connectivity index is 2.41. The number of benzene rings is 1. The predicted octanol–water partition coefficient (Wildman–Crippen LogP) is 1.94. The van der Waals surface area contributed by atoms with Gasteiger partial charge in [-0.1, -0.05) is 5.22 Å². The first-order valence-corrected chi connectivity index (χ1v) is 6.28. The average Bonchev–Trinajstić information content (AvgIpc) is 2.50. The van der Waals surface area contributed by atoms with E-state index in [0.717, 1.165) is 6.41 Å². The fraction of sp³-hybridized carbons (Fsp3) is 0.385. The lowest BCUT2D eigenvalue weighted by Crippen LogP contribution is -2.32. The molecule has 0 saturated heterocycles. The SMILES string of the molecule is C[C@H]1CC(=O)Nc2cc(N=NN(C)C)ccc2N1C=O. The molecule has 20 heavy (non-hydrogen) atoms. The van der Waals surface area contributed by atoms with Crippen molar-refractivity contribution in [2.24, 2.45) is 10.3 Å². The van der Waals surface area contributed by atoms with Crippen LogP contribution in [0.1, 0.15) is 13.3 Å². The van der Waals surface area contributed by atoms with Crippen molar-refractivity contribution in [3.05, 3.63) is 18.2 Å². The van der Waals surface area contributed by atoms with E-state index in [2.05, 4.69) is 15.7 Å². The minimum absolute atomic E-state index is 0.121. The third-order valence-electron chi connectivity index (χ3n) is 2.94. The van der Waals surface area contributed by atoms with Gasteiger partial charge in [-0.05, 0) is 25.1 Å². The lowest BCUT2D eigenvalue weighted by molar-refractivity contribution is -0.116. The molecule has 2 amide bonds. The molecule has 0 spiro atoms. The van der Waals surface area contributed by atoms with Gasteiger partial charge in [-0.15, -0.1) is 5.11 Å². The Morgan fingerprint density at radius 3 is 2.85 bits per heavy atom. The molecule has 0 bridgehead atoms. The number of anilines is 2. The second-order valence-corrected chi connectivity index (χ2v) is 4.85. The molecule has 1 aliphatic rings. The lowest BCUT2D eigenvalue weighted by atomic mass is 10.2. The number of fused-ring (bicyclic) bond motifs is 1. The molecule has 1 aliphatic heterocycles. The van der Waals surface area contributed by atoms with E-state index < -0.39 is 0 Å². The summed E-state index contributed by atoms with van der Waals surface area (Å²) in [5.41, 5.74) is 1.85. The Kier molecular flexibility index (Phi) is 3.97. The highest BCUT2D eigenvalue weighted by molar-refractivity contribution is 6.00. The topological polar surface area (TPSA) is 77.4 Å². The highest BCUT2D eigenvalue weighted by atomic mass is 16.2. The molecule has 1 N–H and O–H groups in total. The monoisotopic (exact) mass is 275 g/mol. The van der Waals surface area contributed by atoms with Gasteiger partial charge < -0.3 is 10.2 Å². The van der Waals surface area contributed by atoms with Gasteiger partial charge in [-0.3, -0.25) is 14.6 Å². The van der Waals surface area contributed by atoms with Crippen LogP contribution in [0.15, 0.2) is 28.5 Å². The number of carbonyl (C=O) groups is 2. The number of nitrogens with one attached hydrogen (secondary N) is 1. The fourth-order valence-electron chi connectivity index (χ4n) is 2.02. The van der Waals surface area contributed by atoms with Crippen LogP contribution >= 0.6 is 0 Å². The van der Waals surface area contributed by atoms with Crippen molar-refractivity contribution in [2.75, 3.05) is 24.3 Å². The Labute approximate surface area is 117 Å². The highest BCUT2D eigenvalue weighted by Crippen LogP contribution is 2.33. The summed E-state index contributed by atoms with van der Waals surface area (Å²) < 4.78 is 0. The molecule has 0 aliphatic carbocycles. The van der Waals surface area contributed by atoms with Crippen LogP contribution in [0.4, 0.5) is 17.1 Å². The smallest absolute Gasteiger partial charge is 0.226 e. The van der Waals surface area contributed by atoms with Gasteiger partial charge in [0.05, 0.1) is 17.1 Å².